The molecule has 2 aliphatic carbocycles. The minimum absolute atomic E-state index is 0.00255. The standard InChI is InChI=1S/C22H24N4O2/c1-15-5-4-8-20(2,3)18(15)7-6-17(28)10-22(14-25)19(26)16(11-27)9-21(22,12-23)13-24/h5-7,11,18H,4,8-10,26H2,1-3H3/b7-6+. The molecule has 28 heavy (non-hydrogen) atoms. The molecule has 2 aliphatic rings. The van der Waals surface area contributed by atoms with Gasteiger partial charge in [-0.1, -0.05) is 31.6 Å². The fourth-order valence-corrected chi connectivity index (χ4v) is 4.38. The van der Waals surface area contributed by atoms with E-state index in [9.17, 15) is 25.4 Å². The van der Waals surface area contributed by atoms with Crippen LogP contribution in [0.4, 0.5) is 0 Å². The normalized spacial score (nSPS) is 28.1. The number of allylic oxidation sites excluding steroid dienone is 6. The quantitative estimate of drug-likeness (QED) is 0.445. The molecule has 0 radical (unpaired) electrons. The van der Waals surface area contributed by atoms with Gasteiger partial charge in [0.1, 0.15) is 11.7 Å². The molecular weight excluding hydrogens is 352 g/mol. The summed E-state index contributed by atoms with van der Waals surface area (Å²) in [5, 5.41) is 29.0. The van der Waals surface area contributed by atoms with Crippen LogP contribution in [0.2, 0.25) is 0 Å². The molecule has 2 unspecified atom stereocenters. The third-order valence-corrected chi connectivity index (χ3v) is 6.21. The highest BCUT2D eigenvalue weighted by atomic mass is 16.1. The fourth-order valence-electron chi connectivity index (χ4n) is 4.38. The van der Waals surface area contributed by atoms with Crippen LogP contribution in [-0.4, -0.2) is 12.1 Å². The molecule has 2 rings (SSSR count). The molecule has 144 valence electrons. The van der Waals surface area contributed by atoms with E-state index in [1.54, 1.807) is 0 Å². The molecule has 0 aromatic carbocycles. The number of carbonyl (C=O) groups is 2. The molecule has 0 spiro atoms. The van der Waals surface area contributed by atoms with Gasteiger partial charge in [0, 0.05) is 30.0 Å². The molecule has 0 heterocycles. The maximum atomic E-state index is 12.7. The molecule has 0 saturated heterocycles. The van der Waals surface area contributed by atoms with E-state index in [-0.39, 0.29) is 29.0 Å². The SMILES string of the molecule is CC1=CCCC(C)(C)C1/C=C/C(=O)CC1(C#N)C(N)=C(C=O)CC1(C#N)C#N. The average Bonchev–Trinajstić information content (AvgIpc) is 2.89. The van der Waals surface area contributed by atoms with Gasteiger partial charge in [-0.15, -0.1) is 0 Å². The lowest BCUT2D eigenvalue weighted by molar-refractivity contribution is -0.116. The highest BCUT2D eigenvalue weighted by molar-refractivity contribution is 5.92. The zero-order valence-corrected chi connectivity index (χ0v) is 16.5. The van der Waals surface area contributed by atoms with E-state index in [0.29, 0.717) is 6.29 Å². The van der Waals surface area contributed by atoms with Crippen LogP contribution < -0.4 is 5.73 Å². The summed E-state index contributed by atoms with van der Waals surface area (Å²) in [6.07, 6.45) is 7.19. The highest BCUT2D eigenvalue weighted by Gasteiger charge is 2.61. The smallest absolute Gasteiger partial charge is 0.172 e. The first kappa shape index (κ1) is 21.1. The Hall–Kier alpha value is -3.17. The molecule has 6 heteroatoms. The lowest BCUT2D eigenvalue weighted by atomic mass is 9.64. The van der Waals surface area contributed by atoms with Gasteiger partial charge < -0.3 is 5.73 Å². The third kappa shape index (κ3) is 3.14. The summed E-state index contributed by atoms with van der Waals surface area (Å²) < 4.78 is 0. The Labute approximate surface area is 165 Å². The largest absolute Gasteiger partial charge is 0.400 e. The van der Waals surface area contributed by atoms with Crippen molar-refractivity contribution in [3.8, 4) is 18.2 Å². The average molecular weight is 376 g/mol. The van der Waals surface area contributed by atoms with Crippen LogP contribution in [0.5, 0.6) is 0 Å². The van der Waals surface area contributed by atoms with Crippen molar-refractivity contribution in [3.05, 3.63) is 35.1 Å². The molecule has 0 aromatic heterocycles. The van der Waals surface area contributed by atoms with Crippen LogP contribution in [0.15, 0.2) is 35.1 Å². The molecule has 0 amide bonds. The number of rotatable bonds is 5. The van der Waals surface area contributed by atoms with Crippen molar-refractivity contribution in [3.63, 3.8) is 0 Å². The summed E-state index contributed by atoms with van der Waals surface area (Å²) in [5.74, 6) is -0.317. The van der Waals surface area contributed by atoms with E-state index in [1.165, 1.54) is 11.6 Å². The van der Waals surface area contributed by atoms with Crippen molar-refractivity contribution in [1.82, 2.24) is 0 Å². The summed E-state index contributed by atoms with van der Waals surface area (Å²) in [4.78, 5) is 24.0. The molecule has 0 saturated carbocycles. The number of nitrogens with zero attached hydrogens (tertiary/aromatic N) is 3. The predicted octanol–water partition coefficient (Wildman–Crippen LogP) is 3.24. The van der Waals surface area contributed by atoms with Crippen LogP contribution in [0.25, 0.3) is 0 Å². The van der Waals surface area contributed by atoms with E-state index < -0.39 is 23.0 Å². The topological polar surface area (TPSA) is 132 Å². The number of nitriles is 3. The van der Waals surface area contributed by atoms with Crippen LogP contribution >= 0.6 is 0 Å². The number of ketones is 1. The second kappa shape index (κ2) is 7.45. The summed E-state index contributed by atoms with van der Waals surface area (Å²) in [5.41, 5.74) is 3.38. The van der Waals surface area contributed by atoms with Crippen molar-refractivity contribution in [2.24, 2.45) is 27.9 Å². The zero-order chi connectivity index (χ0) is 21.2. The van der Waals surface area contributed by atoms with Gasteiger partial charge in [0.15, 0.2) is 11.2 Å². The Morgan fingerprint density at radius 2 is 1.93 bits per heavy atom. The maximum Gasteiger partial charge on any atom is 0.172 e. The maximum absolute atomic E-state index is 12.7. The molecule has 0 aliphatic heterocycles. The molecule has 2 N–H and O–H groups in total. The van der Waals surface area contributed by atoms with E-state index >= 15 is 0 Å². The van der Waals surface area contributed by atoms with Crippen LogP contribution in [-0.2, 0) is 9.59 Å². The zero-order valence-electron chi connectivity index (χ0n) is 16.5. The molecule has 0 aromatic rings. The summed E-state index contributed by atoms with van der Waals surface area (Å²) >= 11 is 0. The van der Waals surface area contributed by atoms with E-state index in [0.717, 1.165) is 12.8 Å². The van der Waals surface area contributed by atoms with Crippen LogP contribution in [0.3, 0.4) is 0 Å². The van der Waals surface area contributed by atoms with Gasteiger partial charge in [-0.25, -0.2) is 0 Å². The Morgan fingerprint density at radius 3 is 2.43 bits per heavy atom. The van der Waals surface area contributed by atoms with Gasteiger partial charge in [-0.3, -0.25) is 9.59 Å². The minimum atomic E-state index is -1.86. The first-order chi connectivity index (χ1) is 13.1. The van der Waals surface area contributed by atoms with E-state index in [4.69, 9.17) is 5.73 Å². The molecule has 0 fully saturated rings. The first-order valence-corrected chi connectivity index (χ1v) is 9.19. The highest BCUT2D eigenvalue weighted by Crippen LogP contribution is 2.55. The van der Waals surface area contributed by atoms with Gasteiger partial charge in [0.05, 0.1) is 18.2 Å². The Morgan fingerprint density at radius 1 is 1.29 bits per heavy atom. The van der Waals surface area contributed by atoms with Crippen LogP contribution in [0, 0.1) is 56.2 Å². The molecular formula is C22H24N4O2. The van der Waals surface area contributed by atoms with E-state index in [1.807, 2.05) is 31.2 Å². The number of nitrogens with two attached hydrogens (primary N) is 1. The Kier molecular flexibility index (Phi) is 5.62. The second-order valence-electron chi connectivity index (χ2n) is 8.33. The van der Waals surface area contributed by atoms with Crippen molar-refractivity contribution in [1.29, 1.82) is 15.8 Å². The van der Waals surface area contributed by atoms with Crippen molar-refractivity contribution >= 4 is 12.1 Å². The number of hydrogen-bond acceptors (Lipinski definition) is 6. The van der Waals surface area contributed by atoms with Gasteiger partial charge in [-0.2, -0.15) is 15.8 Å². The summed E-state index contributed by atoms with van der Waals surface area (Å²) in [6, 6.07) is 5.62. The molecule has 0 bridgehead atoms. The molecule has 2 atom stereocenters. The first-order valence-electron chi connectivity index (χ1n) is 9.19. The van der Waals surface area contributed by atoms with Crippen molar-refractivity contribution in [2.45, 2.75) is 46.5 Å². The third-order valence-electron chi connectivity index (χ3n) is 6.21. The summed E-state index contributed by atoms with van der Waals surface area (Å²) in [6.45, 7) is 6.32. The second-order valence-corrected chi connectivity index (χ2v) is 8.33. The number of hydrogen-bond donors (Lipinski definition) is 1. The molecule has 6 nitrogen and oxygen atoms in total. The van der Waals surface area contributed by atoms with Gasteiger partial charge >= 0.3 is 0 Å². The number of aldehydes is 1. The Bertz CT molecular complexity index is 904. The predicted molar refractivity (Wildman–Crippen MR) is 103 cm³/mol. The monoisotopic (exact) mass is 376 g/mol. The van der Waals surface area contributed by atoms with Gasteiger partial charge in [0.2, 0.25) is 0 Å². The van der Waals surface area contributed by atoms with Crippen molar-refractivity contribution < 1.29 is 9.59 Å². The summed E-state index contributed by atoms with van der Waals surface area (Å²) in [7, 11) is 0. The van der Waals surface area contributed by atoms with Gasteiger partial charge in [0.25, 0.3) is 0 Å². The van der Waals surface area contributed by atoms with Gasteiger partial charge in [-0.05, 0) is 31.3 Å². The Balaban J connectivity index is 2.39. The van der Waals surface area contributed by atoms with Crippen molar-refractivity contribution in [2.75, 3.05) is 0 Å². The fraction of sp³-hybridized carbons (Fsp3) is 0.500. The lowest BCUT2D eigenvalue weighted by Gasteiger charge is -2.36. The van der Waals surface area contributed by atoms with E-state index in [2.05, 4.69) is 19.9 Å². The lowest BCUT2D eigenvalue weighted by Crippen LogP contribution is -2.40. The minimum Gasteiger partial charge on any atom is -0.400 e. The number of carbonyl (C=O) groups excluding carboxylic acids is 2. The van der Waals surface area contributed by atoms with Crippen LogP contribution in [0.1, 0.15) is 46.5 Å².